The highest BCUT2D eigenvalue weighted by Crippen LogP contribution is 2.15. The molecular formula is C16H20N6. The Hall–Kier alpha value is -2.63. The van der Waals surface area contributed by atoms with Crippen LogP contribution in [0.15, 0.2) is 42.9 Å². The second-order valence-corrected chi connectivity index (χ2v) is 5.53. The molecule has 0 aliphatic carbocycles. The normalized spacial score (nSPS) is 11.1. The third-order valence-corrected chi connectivity index (χ3v) is 3.57. The number of rotatable bonds is 5. The van der Waals surface area contributed by atoms with Crippen LogP contribution in [0.1, 0.15) is 31.1 Å². The molecule has 0 spiro atoms. The molecule has 114 valence electrons. The van der Waals surface area contributed by atoms with Crippen molar-refractivity contribution in [2.24, 2.45) is 0 Å². The predicted molar refractivity (Wildman–Crippen MR) is 86.0 cm³/mol. The van der Waals surface area contributed by atoms with E-state index < -0.39 is 0 Å². The average molecular weight is 296 g/mol. The van der Waals surface area contributed by atoms with Gasteiger partial charge in [0.05, 0.1) is 11.4 Å². The number of hydrogen-bond acceptors (Lipinski definition) is 4. The molecule has 6 nitrogen and oxygen atoms in total. The van der Waals surface area contributed by atoms with Gasteiger partial charge in [0.25, 0.3) is 0 Å². The minimum absolute atomic E-state index is 0.362. The summed E-state index contributed by atoms with van der Waals surface area (Å²) in [6.07, 6.45) is 3.79. The van der Waals surface area contributed by atoms with Crippen LogP contribution < -0.4 is 5.32 Å². The molecule has 0 radical (unpaired) electrons. The van der Waals surface area contributed by atoms with Crippen LogP contribution in [0, 0.1) is 6.92 Å². The number of nitrogens with one attached hydrogen (secondary N) is 1. The lowest BCUT2D eigenvalue weighted by Crippen LogP contribution is -2.06. The van der Waals surface area contributed by atoms with Crippen LogP contribution in [-0.2, 0) is 6.54 Å². The Labute approximate surface area is 129 Å². The first-order valence-electron chi connectivity index (χ1n) is 7.39. The Balaban J connectivity index is 1.77. The summed E-state index contributed by atoms with van der Waals surface area (Å²) in [4.78, 5) is 0. The average Bonchev–Trinajstić information content (AvgIpc) is 3.12. The number of hydrogen-bond donors (Lipinski definition) is 1. The fourth-order valence-electron chi connectivity index (χ4n) is 2.26. The molecule has 6 heteroatoms. The molecule has 0 aliphatic heterocycles. The summed E-state index contributed by atoms with van der Waals surface area (Å²) in [5, 5.41) is 16.0. The van der Waals surface area contributed by atoms with Gasteiger partial charge in [-0.25, -0.2) is 0 Å². The number of nitrogens with zero attached hydrogens (tertiary/aromatic N) is 5. The van der Waals surface area contributed by atoms with Crippen LogP contribution in [0.3, 0.4) is 0 Å². The SMILES string of the molecule is Cc1nn(C(C)C)cc1CNc1nncn1-c1ccccc1. The van der Waals surface area contributed by atoms with Gasteiger partial charge in [0.2, 0.25) is 5.95 Å². The molecule has 3 aromatic rings. The van der Waals surface area contributed by atoms with Gasteiger partial charge < -0.3 is 5.32 Å². The quantitative estimate of drug-likeness (QED) is 0.786. The van der Waals surface area contributed by atoms with Gasteiger partial charge >= 0.3 is 0 Å². The van der Waals surface area contributed by atoms with Gasteiger partial charge in [0, 0.05) is 24.3 Å². The molecule has 22 heavy (non-hydrogen) atoms. The molecule has 0 fully saturated rings. The molecule has 0 aliphatic rings. The highest BCUT2D eigenvalue weighted by Gasteiger charge is 2.09. The van der Waals surface area contributed by atoms with Crippen LogP contribution in [0.4, 0.5) is 5.95 Å². The number of anilines is 1. The summed E-state index contributed by atoms with van der Waals surface area (Å²) in [6, 6.07) is 10.4. The van der Waals surface area contributed by atoms with Gasteiger partial charge in [-0.3, -0.25) is 9.25 Å². The molecular weight excluding hydrogens is 276 g/mol. The van der Waals surface area contributed by atoms with Crippen molar-refractivity contribution in [3.63, 3.8) is 0 Å². The molecule has 0 atom stereocenters. The number of aromatic nitrogens is 5. The van der Waals surface area contributed by atoms with E-state index in [-0.39, 0.29) is 0 Å². The van der Waals surface area contributed by atoms with Crippen LogP contribution in [0.5, 0.6) is 0 Å². The summed E-state index contributed by atoms with van der Waals surface area (Å²) in [5.74, 6) is 0.725. The van der Waals surface area contributed by atoms with E-state index >= 15 is 0 Å². The largest absolute Gasteiger partial charge is 0.350 e. The van der Waals surface area contributed by atoms with Crippen molar-refractivity contribution in [3.8, 4) is 5.69 Å². The van der Waals surface area contributed by atoms with E-state index in [0.717, 1.165) is 22.9 Å². The highest BCUT2D eigenvalue weighted by atomic mass is 15.3. The van der Waals surface area contributed by atoms with Crippen LogP contribution in [0.2, 0.25) is 0 Å². The second-order valence-electron chi connectivity index (χ2n) is 5.53. The van der Waals surface area contributed by atoms with E-state index in [0.29, 0.717) is 12.6 Å². The fourth-order valence-corrected chi connectivity index (χ4v) is 2.26. The summed E-state index contributed by atoms with van der Waals surface area (Å²) in [7, 11) is 0. The fraction of sp³-hybridized carbons (Fsp3) is 0.312. The lowest BCUT2D eigenvalue weighted by Gasteiger charge is -2.08. The van der Waals surface area contributed by atoms with E-state index in [1.807, 2.05) is 46.5 Å². The summed E-state index contributed by atoms with van der Waals surface area (Å²) < 4.78 is 3.91. The standard InChI is InChI=1S/C16H20N6/c1-12(2)22-10-14(13(3)20-22)9-17-16-19-18-11-21(16)15-7-5-4-6-8-15/h4-8,10-12H,9H2,1-3H3,(H,17,19). The summed E-state index contributed by atoms with van der Waals surface area (Å²) in [6.45, 7) is 6.94. The number of aryl methyl sites for hydroxylation is 1. The smallest absolute Gasteiger partial charge is 0.229 e. The monoisotopic (exact) mass is 296 g/mol. The van der Waals surface area contributed by atoms with Gasteiger partial charge in [-0.2, -0.15) is 5.10 Å². The lowest BCUT2D eigenvalue weighted by atomic mass is 10.2. The summed E-state index contributed by atoms with van der Waals surface area (Å²) >= 11 is 0. The van der Waals surface area contributed by atoms with Crippen molar-refractivity contribution >= 4 is 5.95 Å². The van der Waals surface area contributed by atoms with E-state index in [4.69, 9.17) is 0 Å². The first kappa shape index (κ1) is 14.3. The molecule has 0 bridgehead atoms. The first-order valence-corrected chi connectivity index (χ1v) is 7.39. The van der Waals surface area contributed by atoms with E-state index in [2.05, 4.69) is 40.7 Å². The third kappa shape index (κ3) is 2.86. The Morgan fingerprint density at radius 1 is 1.18 bits per heavy atom. The number of benzene rings is 1. The van der Waals surface area contributed by atoms with Gasteiger partial charge in [-0.05, 0) is 32.9 Å². The van der Waals surface area contributed by atoms with E-state index in [1.165, 1.54) is 0 Å². The van der Waals surface area contributed by atoms with Crippen LogP contribution in [0.25, 0.3) is 5.69 Å². The van der Waals surface area contributed by atoms with Crippen LogP contribution >= 0.6 is 0 Å². The zero-order valence-electron chi connectivity index (χ0n) is 13.1. The molecule has 2 heterocycles. The lowest BCUT2D eigenvalue weighted by molar-refractivity contribution is 0.529. The predicted octanol–water partition coefficient (Wildman–Crippen LogP) is 2.97. The highest BCUT2D eigenvalue weighted by molar-refractivity contribution is 5.40. The molecule has 0 saturated carbocycles. The Morgan fingerprint density at radius 3 is 2.64 bits per heavy atom. The van der Waals surface area contributed by atoms with Gasteiger partial charge in [0.1, 0.15) is 6.33 Å². The first-order chi connectivity index (χ1) is 10.6. The topological polar surface area (TPSA) is 60.6 Å². The second kappa shape index (κ2) is 6.01. The van der Waals surface area contributed by atoms with Crippen molar-refractivity contribution < 1.29 is 0 Å². The van der Waals surface area contributed by atoms with E-state index in [1.54, 1.807) is 6.33 Å². The molecule has 0 saturated heterocycles. The minimum Gasteiger partial charge on any atom is -0.350 e. The third-order valence-electron chi connectivity index (χ3n) is 3.57. The van der Waals surface area contributed by atoms with Gasteiger partial charge in [0.15, 0.2) is 0 Å². The molecule has 2 aromatic heterocycles. The Kier molecular flexibility index (Phi) is 3.91. The van der Waals surface area contributed by atoms with Crippen molar-refractivity contribution in [1.82, 2.24) is 24.5 Å². The van der Waals surface area contributed by atoms with Crippen molar-refractivity contribution in [1.29, 1.82) is 0 Å². The van der Waals surface area contributed by atoms with Crippen molar-refractivity contribution in [2.75, 3.05) is 5.32 Å². The molecule has 1 aromatic carbocycles. The zero-order chi connectivity index (χ0) is 15.5. The van der Waals surface area contributed by atoms with Crippen molar-refractivity contribution in [3.05, 3.63) is 54.1 Å². The van der Waals surface area contributed by atoms with Gasteiger partial charge in [-0.1, -0.05) is 18.2 Å². The van der Waals surface area contributed by atoms with E-state index in [9.17, 15) is 0 Å². The molecule has 1 N–H and O–H groups in total. The maximum absolute atomic E-state index is 4.52. The van der Waals surface area contributed by atoms with Crippen molar-refractivity contribution in [2.45, 2.75) is 33.4 Å². The Bertz CT molecular complexity index is 741. The molecule has 0 unspecified atom stereocenters. The minimum atomic E-state index is 0.362. The Morgan fingerprint density at radius 2 is 1.95 bits per heavy atom. The maximum Gasteiger partial charge on any atom is 0.229 e. The van der Waals surface area contributed by atoms with Gasteiger partial charge in [-0.15, -0.1) is 10.2 Å². The summed E-state index contributed by atoms with van der Waals surface area (Å²) in [5.41, 5.74) is 3.23. The molecule has 3 rings (SSSR count). The zero-order valence-corrected chi connectivity index (χ0v) is 13.1. The molecule has 0 amide bonds. The maximum atomic E-state index is 4.52. The number of para-hydroxylation sites is 1. The van der Waals surface area contributed by atoms with Crippen LogP contribution in [-0.4, -0.2) is 24.5 Å².